The predicted octanol–water partition coefficient (Wildman–Crippen LogP) is 3.02. The lowest BCUT2D eigenvalue weighted by molar-refractivity contribution is -0.384. The third kappa shape index (κ3) is 3.91. The predicted molar refractivity (Wildman–Crippen MR) is 77.5 cm³/mol. The van der Waals surface area contributed by atoms with Gasteiger partial charge in [0.25, 0.3) is 5.69 Å². The standard InChI is InChI=1S/C12H17ClN2O4S/c1-4-5-9(3)14-20(18,19)12-7-11(15(16)17)10(13)6-8(12)2/h6-7,9,14H,4-5H2,1-3H3. The molecule has 6 nitrogen and oxygen atoms in total. The first-order valence-corrected chi connectivity index (χ1v) is 8.02. The molecule has 0 spiro atoms. The highest BCUT2D eigenvalue weighted by Gasteiger charge is 2.24. The number of hydrogen-bond acceptors (Lipinski definition) is 4. The molecule has 0 heterocycles. The number of sulfonamides is 1. The lowest BCUT2D eigenvalue weighted by Gasteiger charge is -2.14. The molecular formula is C12H17ClN2O4S. The van der Waals surface area contributed by atoms with Crippen LogP contribution < -0.4 is 4.72 Å². The van der Waals surface area contributed by atoms with Gasteiger partial charge in [-0.25, -0.2) is 13.1 Å². The summed E-state index contributed by atoms with van der Waals surface area (Å²) >= 11 is 5.75. The van der Waals surface area contributed by atoms with Crippen molar-refractivity contribution in [3.63, 3.8) is 0 Å². The van der Waals surface area contributed by atoms with Crippen LogP contribution >= 0.6 is 11.6 Å². The van der Waals surface area contributed by atoms with E-state index in [1.54, 1.807) is 13.8 Å². The molecule has 0 bridgehead atoms. The second kappa shape index (κ2) is 6.51. The minimum absolute atomic E-state index is 0.0759. The van der Waals surface area contributed by atoms with Crippen molar-refractivity contribution in [2.45, 2.75) is 44.6 Å². The average molecular weight is 321 g/mol. The molecule has 0 amide bonds. The van der Waals surface area contributed by atoms with Crippen molar-refractivity contribution in [2.75, 3.05) is 0 Å². The van der Waals surface area contributed by atoms with Crippen LogP contribution in [-0.4, -0.2) is 19.4 Å². The van der Waals surface area contributed by atoms with Gasteiger partial charge in [-0.3, -0.25) is 10.1 Å². The zero-order valence-corrected chi connectivity index (χ0v) is 13.1. The summed E-state index contributed by atoms with van der Waals surface area (Å²) < 4.78 is 27.0. The monoisotopic (exact) mass is 320 g/mol. The first kappa shape index (κ1) is 16.9. The Morgan fingerprint density at radius 3 is 2.55 bits per heavy atom. The molecule has 0 fully saturated rings. The molecule has 8 heteroatoms. The van der Waals surface area contributed by atoms with Crippen LogP contribution in [0, 0.1) is 17.0 Å². The summed E-state index contributed by atoms with van der Waals surface area (Å²) in [5, 5.41) is 10.8. The minimum atomic E-state index is -3.80. The van der Waals surface area contributed by atoms with Gasteiger partial charge >= 0.3 is 0 Å². The van der Waals surface area contributed by atoms with Crippen molar-refractivity contribution < 1.29 is 13.3 Å². The van der Waals surface area contributed by atoms with Crippen molar-refractivity contribution in [1.29, 1.82) is 0 Å². The van der Waals surface area contributed by atoms with E-state index in [4.69, 9.17) is 11.6 Å². The molecule has 0 saturated heterocycles. The van der Waals surface area contributed by atoms with E-state index in [1.165, 1.54) is 6.07 Å². The van der Waals surface area contributed by atoms with Crippen molar-refractivity contribution in [3.05, 3.63) is 32.8 Å². The number of nitro groups is 1. The first-order valence-electron chi connectivity index (χ1n) is 6.16. The summed E-state index contributed by atoms with van der Waals surface area (Å²) in [6, 6.07) is 2.05. The van der Waals surface area contributed by atoms with E-state index in [1.807, 2.05) is 6.92 Å². The molecule has 20 heavy (non-hydrogen) atoms. The minimum Gasteiger partial charge on any atom is -0.258 e. The number of hydrogen-bond donors (Lipinski definition) is 1. The maximum atomic E-state index is 12.2. The van der Waals surface area contributed by atoms with Gasteiger partial charge < -0.3 is 0 Å². The molecule has 1 unspecified atom stereocenters. The fourth-order valence-electron chi connectivity index (χ4n) is 1.89. The molecule has 0 radical (unpaired) electrons. The van der Waals surface area contributed by atoms with Gasteiger partial charge in [0.1, 0.15) is 5.02 Å². The van der Waals surface area contributed by atoms with Gasteiger partial charge in [0.05, 0.1) is 9.82 Å². The average Bonchev–Trinajstić information content (AvgIpc) is 2.27. The third-order valence-electron chi connectivity index (χ3n) is 2.81. The zero-order valence-electron chi connectivity index (χ0n) is 11.5. The molecule has 112 valence electrons. The number of nitro benzene ring substituents is 1. The van der Waals surface area contributed by atoms with Gasteiger partial charge in [0, 0.05) is 12.1 Å². The number of nitrogens with one attached hydrogen (secondary N) is 1. The summed E-state index contributed by atoms with van der Waals surface area (Å²) in [5.41, 5.74) is -0.0439. The van der Waals surface area contributed by atoms with Crippen LogP contribution in [0.15, 0.2) is 17.0 Å². The fourth-order valence-corrected chi connectivity index (χ4v) is 3.70. The third-order valence-corrected chi connectivity index (χ3v) is 4.84. The molecule has 0 aliphatic carbocycles. The summed E-state index contributed by atoms with van der Waals surface area (Å²) in [6.07, 6.45) is 1.53. The van der Waals surface area contributed by atoms with E-state index in [0.717, 1.165) is 12.5 Å². The summed E-state index contributed by atoms with van der Waals surface area (Å²) in [7, 11) is -3.80. The van der Waals surface area contributed by atoms with Crippen molar-refractivity contribution in [2.24, 2.45) is 0 Å². The van der Waals surface area contributed by atoms with Crippen molar-refractivity contribution in [3.8, 4) is 0 Å². The van der Waals surface area contributed by atoms with Gasteiger partial charge in [-0.05, 0) is 31.9 Å². The van der Waals surface area contributed by atoms with Gasteiger partial charge in [-0.1, -0.05) is 24.9 Å². The molecule has 1 rings (SSSR count). The van der Waals surface area contributed by atoms with E-state index >= 15 is 0 Å². The molecule has 1 aromatic carbocycles. The Hall–Kier alpha value is -1.18. The number of benzene rings is 1. The number of nitrogens with zero attached hydrogens (tertiary/aromatic N) is 1. The first-order chi connectivity index (χ1) is 9.19. The van der Waals surface area contributed by atoms with Gasteiger partial charge in [-0.2, -0.15) is 0 Å². The molecule has 1 aromatic rings. The maximum Gasteiger partial charge on any atom is 0.289 e. The number of halogens is 1. The second-order valence-corrected chi connectivity index (χ2v) is 6.73. The quantitative estimate of drug-likeness (QED) is 0.644. The summed E-state index contributed by atoms with van der Waals surface area (Å²) in [6.45, 7) is 5.25. The van der Waals surface area contributed by atoms with E-state index in [2.05, 4.69) is 4.72 Å². The van der Waals surface area contributed by atoms with Crippen LogP contribution in [0.3, 0.4) is 0 Å². The molecule has 1 atom stereocenters. The Bertz CT molecular complexity index is 616. The zero-order chi connectivity index (χ0) is 15.5. The highest BCUT2D eigenvalue weighted by Crippen LogP contribution is 2.30. The Balaban J connectivity index is 3.24. The van der Waals surface area contributed by atoms with Crippen LogP contribution in [0.25, 0.3) is 0 Å². The lowest BCUT2D eigenvalue weighted by Crippen LogP contribution is -2.32. The molecule has 0 aromatic heterocycles. The van der Waals surface area contributed by atoms with Crippen LogP contribution in [0.1, 0.15) is 32.3 Å². The van der Waals surface area contributed by atoms with Crippen molar-refractivity contribution >= 4 is 27.3 Å². The SMILES string of the molecule is CCCC(C)NS(=O)(=O)c1cc([N+](=O)[O-])c(Cl)cc1C. The lowest BCUT2D eigenvalue weighted by atomic mass is 10.2. The van der Waals surface area contributed by atoms with Crippen LogP contribution in [0.2, 0.25) is 5.02 Å². The highest BCUT2D eigenvalue weighted by molar-refractivity contribution is 7.89. The van der Waals surface area contributed by atoms with E-state index in [-0.39, 0.29) is 16.0 Å². The van der Waals surface area contributed by atoms with Crippen LogP contribution in [-0.2, 0) is 10.0 Å². The molecule has 0 saturated carbocycles. The van der Waals surface area contributed by atoms with Crippen LogP contribution in [0.4, 0.5) is 5.69 Å². The largest absolute Gasteiger partial charge is 0.289 e. The smallest absolute Gasteiger partial charge is 0.258 e. The molecule has 0 aliphatic heterocycles. The Kier molecular flexibility index (Phi) is 5.50. The molecule has 1 N–H and O–H groups in total. The summed E-state index contributed by atoms with van der Waals surface area (Å²) in [5.74, 6) is 0. The number of aryl methyl sites for hydroxylation is 1. The Morgan fingerprint density at radius 2 is 2.05 bits per heavy atom. The van der Waals surface area contributed by atoms with Crippen LogP contribution in [0.5, 0.6) is 0 Å². The maximum absolute atomic E-state index is 12.2. The normalized spacial score (nSPS) is 13.2. The Labute approximate surface area is 123 Å². The van der Waals surface area contributed by atoms with Gasteiger partial charge in [0.15, 0.2) is 0 Å². The Morgan fingerprint density at radius 1 is 1.45 bits per heavy atom. The van der Waals surface area contributed by atoms with E-state index in [0.29, 0.717) is 12.0 Å². The van der Waals surface area contributed by atoms with Crippen molar-refractivity contribution in [1.82, 2.24) is 4.72 Å². The van der Waals surface area contributed by atoms with E-state index in [9.17, 15) is 18.5 Å². The second-order valence-electron chi connectivity index (χ2n) is 4.64. The topological polar surface area (TPSA) is 89.3 Å². The molecular weight excluding hydrogens is 304 g/mol. The van der Waals surface area contributed by atoms with E-state index < -0.39 is 20.6 Å². The highest BCUT2D eigenvalue weighted by atomic mass is 35.5. The van der Waals surface area contributed by atoms with Gasteiger partial charge in [0.2, 0.25) is 10.0 Å². The summed E-state index contributed by atoms with van der Waals surface area (Å²) in [4.78, 5) is 10.0. The fraction of sp³-hybridized carbons (Fsp3) is 0.500. The van der Waals surface area contributed by atoms with Gasteiger partial charge in [-0.15, -0.1) is 0 Å². The number of rotatable bonds is 6. The molecule has 0 aliphatic rings.